The summed E-state index contributed by atoms with van der Waals surface area (Å²) in [5.74, 6) is 0.745. The second-order valence-electron chi connectivity index (χ2n) is 7.99. The van der Waals surface area contributed by atoms with E-state index in [-0.39, 0.29) is 0 Å². The van der Waals surface area contributed by atoms with Crippen molar-refractivity contribution in [2.75, 3.05) is 0 Å². The van der Waals surface area contributed by atoms with Gasteiger partial charge in [-0.2, -0.15) is 0 Å². The average Bonchev–Trinajstić information content (AvgIpc) is 3.34. The van der Waals surface area contributed by atoms with Crippen molar-refractivity contribution < 1.29 is 22.9 Å². The molecular formula is C28H32Hf. The molecule has 2 aromatic rings. The standard InChI is InChI=1S/C14H14.C9H13.C5H5.Hf/c1-3-7-13(8-4-1)11-12-14-9-5-2-6-10-14;1-6-5-7(2)9(4)8(6)3;1-2-4-5-3-1;/h1-10H,11-12H2;6H,1-4H3;1-3H,4H2;. The van der Waals surface area contributed by atoms with Crippen molar-refractivity contribution in [2.24, 2.45) is 5.92 Å². The number of rotatable bonds is 5. The first-order chi connectivity index (χ1) is 14.1. The van der Waals surface area contributed by atoms with E-state index in [9.17, 15) is 0 Å². The second kappa shape index (κ2) is 10.9. The van der Waals surface area contributed by atoms with Crippen LogP contribution in [0.25, 0.3) is 0 Å². The zero-order valence-electron chi connectivity index (χ0n) is 18.2. The van der Waals surface area contributed by atoms with Crippen LogP contribution in [-0.2, 0) is 35.7 Å². The Balaban J connectivity index is 0.000000166. The third-order valence-electron chi connectivity index (χ3n) is 6.10. The molecule has 0 aliphatic heterocycles. The van der Waals surface area contributed by atoms with Crippen LogP contribution in [0.4, 0.5) is 0 Å². The van der Waals surface area contributed by atoms with E-state index < -0.39 is 22.9 Å². The van der Waals surface area contributed by atoms with E-state index in [0.29, 0.717) is 0 Å². The summed E-state index contributed by atoms with van der Waals surface area (Å²) in [5, 5.41) is 0. The average molecular weight is 547 g/mol. The van der Waals surface area contributed by atoms with Crippen LogP contribution in [-0.4, -0.2) is 0 Å². The Kier molecular flexibility index (Phi) is 8.24. The van der Waals surface area contributed by atoms with Crippen LogP contribution in [0.1, 0.15) is 45.2 Å². The monoisotopic (exact) mass is 548 g/mol. The molecule has 0 radical (unpaired) electrons. The Labute approximate surface area is 188 Å². The summed E-state index contributed by atoms with van der Waals surface area (Å²) in [6.45, 7) is 9.31. The molecule has 0 saturated heterocycles. The molecule has 0 bridgehead atoms. The molecule has 1 heteroatoms. The summed E-state index contributed by atoms with van der Waals surface area (Å²) >= 11 is -0.691. The van der Waals surface area contributed by atoms with Crippen molar-refractivity contribution in [1.82, 2.24) is 0 Å². The van der Waals surface area contributed by atoms with E-state index in [0.717, 1.165) is 18.8 Å². The van der Waals surface area contributed by atoms with E-state index in [1.165, 1.54) is 17.5 Å². The Morgan fingerprint density at radius 1 is 0.793 bits per heavy atom. The second-order valence-corrected chi connectivity index (χ2v) is 13.1. The molecule has 0 fully saturated rings. The quantitative estimate of drug-likeness (QED) is 0.338. The molecule has 0 spiro atoms. The molecular weight excluding hydrogens is 515 g/mol. The minimum absolute atomic E-state index is 0.691. The van der Waals surface area contributed by atoms with Crippen LogP contribution in [0.3, 0.4) is 0 Å². The minimum Gasteiger partial charge on any atom is -0.0622 e. The minimum atomic E-state index is -0.691. The van der Waals surface area contributed by atoms with Crippen LogP contribution in [0.2, 0.25) is 0 Å². The molecule has 0 N–H and O–H groups in total. The van der Waals surface area contributed by atoms with Crippen molar-refractivity contribution in [3.63, 3.8) is 0 Å². The molecule has 2 aliphatic rings. The van der Waals surface area contributed by atoms with E-state index >= 15 is 0 Å². The summed E-state index contributed by atoms with van der Waals surface area (Å²) in [6.07, 6.45) is 10.4. The molecule has 0 saturated carbocycles. The van der Waals surface area contributed by atoms with Gasteiger partial charge in [-0.05, 0) is 24.0 Å². The van der Waals surface area contributed by atoms with Crippen molar-refractivity contribution >= 4 is 0 Å². The van der Waals surface area contributed by atoms with Gasteiger partial charge in [-0.3, -0.25) is 0 Å². The van der Waals surface area contributed by atoms with Gasteiger partial charge in [0.05, 0.1) is 0 Å². The van der Waals surface area contributed by atoms with Gasteiger partial charge in [0.15, 0.2) is 0 Å². The summed E-state index contributed by atoms with van der Waals surface area (Å²) in [5.41, 5.74) is 7.63. The van der Waals surface area contributed by atoms with Crippen LogP contribution in [0.5, 0.6) is 0 Å². The van der Waals surface area contributed by atoms with E-state index in [1.807, 2.05) is 3.33 Å². The van der Waals surface area contributed by atoms with Crippen molar-refractivity contribution in [1.29, 1.82) is 0 Å². The van der Waals surface area contributed by atoms with Crippen molar-refractivity contribution in [3.8, 4) is 0 Å². The van der Waals surface area contributed by atoms with Crippen molar-refractivity contribution in [2.45, 2.75) is 47.0 Å². The maximum Gasteiger partial charge on any atom is -0.0238 e. The van der Waals surface area contributed by atoms with Gasteiger partial charge in [-0.1, -0.05) is 60.7 Å². The number of hydrogen-bond donors (Lipinski definition) is 0. The molecule has 4 rings (SSSR count). The SMILES string of the molecule is CC1=C(C)C(C)[C]([Hf][C]2=CC=CC2)=C1C.c1ccc(CCc2ccccc2)cc1. The molecule has 2 aromatic carbocycles. The zero-order valence-corrected chi connectivity index (χ0v) is 21.8. The normalized spacial score (nSPS) is 17.9. The van der Waals surface area contributed by atoms with Crippen molar-refractivity contribution in [3.05, 3.63) is 113 Å². The molecule has 0 aromatic heterocycles. The Hall–Kier alpha value is -1.73. The summed E-state index contributed by atoms with van der Waals surface area (Å²) in [6, 6.07) is 21.2. The summed E-state index contributed by atoms with van der Waals surface area (Å²) in [4.78, 5) is 0. The first-order valence-corrected chi connectivity index (χ1v) is 14.2. The summed E-state index contributed by atoms with van der Waals surface area (Å²) < 4.78 is 3.60. The van der Waals surface area contributed by atoms with Gasteiger partial charge in [-0.15, -0.1) is 0 Å². The predicted molar refractivity (Wildman–Crippen MR) is 122 cm³/mol. The smallest absolute Gasteiger partial charge is 0.0238 e. The number of hydrogen-bond acceptors (Lipinski definition) is 0. The number of allylic oxidation sites excluding steroid dienone is 8. The molecule has 0 amide bonds. The third kappa shape index (κ3) is 6.12. The van der Waals surface area contributed by atoms with Crippen LogP contribution < -0.4 is 0 Å². The van der Waals surface area contributed by atoms with Gasteiger partial charge >= 0.3 is 105 Å². The van der Waals surface area contributed by atoms with Gasteiger partial charge in [0.2, 0.25) is 0 Å². The molecule has 0 nitrogen and oxygen atoms in total. The Morgan fingerprint density at radius 2 is 1.34 bits per heavy atom. The maximum absolute atomic E-state index is 2.39. The Bertz CT molecular complexity index is 887. The van der Waals surface area contributed by atoms with Gasteiger partial charge in [-0.25, -0.2) is 0 Å². The maximum atomic E-state index is 2.39. The zero-order chi connectivity index (χ0) is 20.6. The fourth-order valence-electron chi connectivity index (χ4n) is 3.86. The van der Waals surface area contributed by atoms with Gasteiger partial charge < -0.3 is 0 Å². The van der Waals surface area contributed by atoms with E-state index in [1.54, 1.807) is 20.0 Å². The van der Waals surface area contributed by atoms with E-state index in [2.05, 4.69) is 107 Å². The van der Waals surface area contributed by atoms with Gasteiger partial charge in [0.25, 0.3) is 0 Å². The van der Waals surface area contributed by atoms with E-state index in [4.69, 9.17) is 0 Å². The van der Waals surface area contributed by atoms with Crippen LogP contribution >= 0.6 is 0 Å². The molecule has 1 unspecified atom stereocenters. The first-order valence-electron chi connectivity index (χ1n) is 10.7. The number of aryl methyl sites for hydroxylation is 2. The molecule has 1 atom stereocenters. The van der Waals surface area contributed by atoms with Crippen LogP contribution in [0, 0.1) is 5.92 Å². The third-order valence-corrected chi connectivity index (χ3v) is 12.5. The molecule has 0 heterocycles. The topological polar surface area (TPSA) is 0 Å². The summed E-state index contributed by atoms with van der Waals surface area (Å²) in [7, 11) is 0. The largest absolute Gasteiger partial charge is 0.0622 e. The fourth-order valence-corrected chi connectivity index (χ4v) is 9.44. The van der Waals surface area contributed by atoms with Gasteiger partial charge in [0, 0.05) is 0 Å². The predicted octanol–water partition coefficient (Wildman–Crippen LogP) is 7.64. The number of benzene rings is 2. The molecule has 29 heavy (non-hydrogen) atoms. The first kappa shape index (κ1) is 22.0. The van der Waals surface area contributed by atoms with Gasteiger partial charge in [0.1, 0.15) is 0 Å². The molecule has 2 aliphatic carbocycles. The van der Waals surface area contributed by atoms with Crippen LogP contribution in [0.15, 0.2) is 102 Å². The Morgan fingerprint density at radius 3 is 1.76 bits per heavy atom. The molecule has 148 valence electrons. The fraction of sp³-hybridized carbons (Fsp3) is 0.286.